The number of hydrogen-bond acceptors (Lipinski definition) is 6. The Bertz CT molecular complexity index is 1280. The van der Waals surface area contributed by atoms with Crippen molar-refractivity contribution in [1.82, 2.24) is 24.4 Å². The number of aryl methyl sites for hydroxylation is 1. The highest BCUT2D eigenvalue weighted by Gasteiger charge is 2.28. The first kappa shape index (κ1) is 20.4. The summed E-state index contributed by atoms with van der Waals surface area (Å²) < 4.78 is 14.5. The van der Waals surface area contributed by atoms with Gasteiger partial charge in [0.05, 0.1) is 23.3 Å². The van der Waals surface area contributed by atoms with Crippen LogP contribution in [-0.2, 0) is 4.74 Å². The standard InChI is InChI=1S/C24H26N6O2/c1-16-11-17-5-4-9-25-20(17)12-21(16)31-13-18-6-7-22(32-18)30-10-8-19-23(28-15-29(2)3)26-14-27-24(19)30/h4-5,8-12,14-15,18,22H,6-7,13H2,1-3H3/b28-15+. The third kappa shape index (κ3) is 4.01. The summed E-state index contributed by atoms with van der Waals surface area (Å²) in [4.78, 5) is 19.5. The normalized spacial score (nSPS) is 18.7. The van der Waals surface area contributed by atoms with Gasteiger partial charge in [0.15, 0.2) is 5.82 Å². The summed E-state index contributed by atoms with van der Waals surface area (Å²) in [5.41, 5.74) is 2.86. The second-order valence-corrected chi connectivity index (χ2v) is 8.28. The van der Waals surface area contributed by atoms with E-state index < -0.39 is 0 Å². The summed E-state index contributed by atoms with van der Waals surface area (Å²) in [5, 5.41) is 2.03. The molecule has 32 heavy (non-hydrogen) atoms. The first-order chi connectivity index (χ1) is 15.6. The van der Waals surface area contributed by atoms with E-state index in [0.717, 1.165) is 46.1 Å². The summed E-state index contributed by atoms with van der Waals surface area (Å²) in [7, 11) is 3.86. The molecule has 3 aromatic heterocycles. The monoisotopic (exact) mass is 430 g/mol. The van der Waals surface area contributed by atoms with Gasteiger partial charge in [-0.25, -0.2) is 15.0 Å². The van der Waals surface area contributed by atoms with Crippen molar-refractivity contribution in [3.63, 3.8) is 0 Å². The van der Waals surface area contributed by atoms with E-state index in [4.69, 9.17) is 9.47 Å². The molecule has 1 saturated heterocycles. The van der Waals surface area contributed by atoms with E-state index >= 15 is 0 Å². The summed E-state index contributed by atoms with van der Waals surface area (Å²) in [6, 6.07) is 10.1. The van der Waals surface area contributed by atoms with Crippen molar-refractivity contribution < 1.29 is 9.47 Å². The van der Waals surface area contributed by atoms with E-state index in [1.165, 1.54) is 0 Å². The van der Waals surface area contributed by atoms with Crippen LogP contribution < -0.4 is 4.74 Å². The number of benzene rings is 1. The average Bonchev–Trinajstić information content (AvgIpc) is 3.43. The summed E-state index contributed by atoms with van der Waals surface area (Å²) in [5.74, 6) is 1.51. The van der Waals surface area contributed by atoms with Crippen molar-refractivity contribution in [1.29, 1.82) is 0 Å². The van der Waals surface area contributed by atoms with E-state index in [9.17, 15) is 0 Å². The van der Waals surface area contributed by atoms with E-state index in [1.807, 2.05) is 43.4 Å². The lowest BCUT2D eigenvalue weighted by Gasteiger charge is -2.17. The third-order valence-corrected chi connectivity index (χ3v) is 5.62. The van der Waals surface area contributed by atoms with E-state index in [-0.39, 0.29) is 12.3 Å². The fraction of sp³-hybridized carbons (Fsp3) is 0.333. The Morgan fingerprint density at radius 3 is 3.00 bits per heavy atom. The van der Waals surface area contributed by atoms with Crippen LogP contribution in [0.1, 0.15) is 24.6 Å². The molecule has 1 aromatic carbocycles. The molecule has 0 bridgehead atoms. The number of hydrogen-bond donors (Lipinski definition) is 0. The zero-order chi connectivity index (χ0) is 22.1. The zero-order valence-electron chi connectivity index (χ0n) is 18.5. The molecule has 4 heterocycles. The lowest BCUT2D eigenvalue weighted by atomic mass is 10.1. The first-order valence-electron chi connectivity index (χ1n) is 10.7. The minimum atomic E-state index is -0.0824. The van der Waals surface area contributed by atoms with Gasteiger partial charge in [-0.2, -0.15) is 0 Å². The number of ether oxygens (including phenoxy) is 2. The lowest BCUT2D eigenvalue weighted by molar-refractivity contribution is -0.0156. The minimum absolute atomic E-state index is 0.0179. The molecule has 2 unspecified atom stereocenters. The van der Waals surface area contributed by atoms with E-state index in [0.29, 0.717) is 12.4 Å². The Morgan fingerprint density at radius 2 is 2.12 bits per heavy atom. The van der Waals surface area contributed by atoms with Gasteiger partial charge in [-0.05, 0) is 43.5 Å². The fourth-order valence-electron chi connectivity index (χ4n) is 4.03. The molecule has 0 spiro atoms. The summed E-state index contributed by atoms with van der Waals surface area (Å²) in [6.45, 7) is 2.56. The molecule has 1 aliphatic heterocycles. The van der Waals surface area contributed by atoms with Gasteiger partial charge < -0.3 is 18.9 Å². The Hall–Kier alpha value is -3.52. The Morgan fingerprint density at radius 1 is 1.22 bits per heavy atom. The molecule has 8 heteroatoms. The van der Waals surface area contributed by atoms with Crippen molar-refractivity contribution >= 4 is 34.1 Å². The summed E-state index contributed by atoms with van der Waals surface area (Å²) in [6.07, 6.45) is 8.85. The molecular formula is C24H26N6O2. The molecule has 0 saturated carbocycles. The van der Waals surface area contributed by atoms with E-state index in [2.05, 4.69) is 43.6 Å². The van der Waals surface area contributed by atoms with Gasteiger partial charge in [-0.15, -0.1) is 0 Å². The number of nitrogens with zero attached hydrogens (tertiary/aromatic N) is 6. The molecule has 1 fully saturated rings. The van der Waals surface area contributed by atoms with Gasteiger partial charge in [0.25, 0.3) is 0 Å². The molecule has 0 aliphatic carbocycles. The average molecular weight is 431 g/mol. The van der Waals surface area contributed by atoms with Crippen LogP contribution in [0.4, 0.5) is 5.82 Å². The molecule has 2 atom stereocenters. The van der Waals surface area contributed by atoms with Crippen molar-refractivity contribution in [2.75, 3.05) is 20.7 Å². The van der Waals surface area contributed by atoms with E-state index in [1.54, 1.807) is 18.9 Å². The molecule has 0 amide bonds. The van der Waals surface area contributed by atoms with Crippen LogP contribution in [0.5, 0.6) is 5.75 Å². The SMILES string of the molecule is Cc1cc2cccnc2cc1OCC1CCC(n2ccc3c(/N=C/N(C)C)ncnc32)O1. The molecule has 0 N–H and O–H groups in total. The Balaban J connectivity index is 1.28. The van der Waals surface area contributed by atoms with Crippen LogP contribution in [0.25, 0.3) is 21.9 Å². The van der Waals surface area contributed by atoms with Crippen LogP contribution in [0, 0.1) is 6.92 Å². The summed E-state index contributed by atoms with van der Waals surface area (Å²) >= 11 is 0. The lowest BCUT2D eigenvalue weighted by Crippen LogP contribution is -2.18. The third-order valence-electron chi connectivity index (χ3n) is 5.62. The highest BCUT2D eigenvalue weighted by atomic mass is 16.6. The molecule has 5 rings (SSSR count). The van der Waals surface area contributed by atoms with Crippen molar-refractivity contribution in [2.24, 2.45) is 4.99 Å². The van der Waals surface area contributed by atoms with Crippen LogP contribution in [0.15, 0.2) is 54.0 Å². The van der Waals surface area contributed by atoms with Crippen molar-refractivity contribution in [2.45, 2.75) is 32.1 Å². The van der Waals surface area contributed by atoms with Crippen LogP contribution in [0.2, 0.25) is 0 Å². The predicted molar refractivity (Wildman–Crippen MR) is 124 cm³/mol. The Kier molecular flexibility index (Phi) is 5.45. The van der Waals surface area contributed by atoms with Crippen molar-refractivity contribution in [3.8, 4) is 5.75 Å². The second kappa shape index (κ2) is 8.55. The molecule has 0 radical (unpaired) electrons. The maximum absolute atomic E-state index is 6.32. The maximum atomic E-state index is 6.32. The predicted octanol–water partition coefficient (Wildman–Crippen LogP) is 4.27. The van der Waals surface area contributed by atoms with Gasteiger partial charge in [0.1, 0.15) is 30.6 Å². The Labute approximate surface area is 186 Å². The number of aromatic nitrogens is 4. The van der Waals surface area contributed by atoms with Crippen LogP contribution in [-0.4, -0.2) is 57.6 Å². The van der Waals surface area contributed by atoms with Gasteiger partial charge in [-0.3, -0.25) is 4.98 Å². The molecule has 1 aliphatic rings. The van der Waals surface area contributed by atoms with Gasteiger partial charge >= 0.3 is 0 Å². The number of aliphatic imine (C=N–C) groups is 1. The molecule has 8 nitrogen and oxygen atoms in total. The fourth-order valence-corrected chi connectivity index (χ4v) is 4.03. The largest absolute Gasteiger partial charge is 0.491 e. The second-order valence-electron chi connectivity index (χ2n) is 8.28. The van der Waals surface area contributed by atoms with Gasteiger partial charge in [0, 0.05) is 37.9 Å². The van der Waals surface area contributed by atoms with Crippen LogP contribution >= 0.6 is 0 Å². The quantitative estimate of drug-likeness (QED) is 0.336. The number of rotatable bonds is 6. The van der Waals surface area contributed by atoms with Crippen molar-refractivity contribution in [3.05, 3.63) is 54.6 Å². The van der Waals surface area contributed by atoms with Gasteiger partial charge in [0.2, 0.25) is 0 Å². The highest BCUT2D eigenvalue weighted by Crippen LogP contribution is 2.33. The zero-order valence-corrected chi connectivity index (χ0v) is 18.5. The molecule has 4 aromatic rings. The maximum Gasteiger partial charge on any atom is 0.166 e. The number of fused-ring (bicyclic) bond motifs is 2. The molecule has 164 valence electrons. The molecular weight excluding hydrogens is 404 g/mol. The van der Waals surface area contributed by atoms with Crippen LogP contribution in [0.3, 0.4) is 0 Å². The number of pyridine rings is 1. The topological polar surface area (TPSA) is 77.7 Å². The smallest absolute Gasteiger partial charge is 0.166 e. The first-order valence-corrected chi connectivity index (χ1v) is 10.7. The minimum Gasteiger partial charge on any atom is -0.491 e. The highest BCUT2D eigenvalue weighted by molar-refractivity contribution is 5.87. The van der Waals surface area contributed by atoms with Gasteiger partial charge in [-0.1, -0.05) is 6.07 Å².